The molecule has 0 aromatic carbocycles. The molecule has 7 atom stereocenters. The van der Waals surface area contributed by atoms with Gasteiger partial charge in [0.05, 0.1) is 25.4 Å². The maximum atomic E-state index is 13.0. The highest BCUT2D eigenvalue weighted by molar-refractivity contribution is 5.76. The lowest BCUT2D eigenvalue weighted by molar-refractivity contribution is -0.302. The Morgan fingerprint density at radius 1 is 0.538 bits per heavy atom. The molecule has 1 aliphatic heterocycles. The van der Waals surface area contributed by atoms with Crippen LogP contribution in [0.4, 0.5) is 0 Å². The van der Waals surface area contributed by atoms with Gasteiger partial charge < -0.3 is 40.3 Å². The van der Waals surface area contributed by atoms with E-state index in [0.717, 1.165) is 77.0 Å². The summed E-state index contributed by atoms with van der Waals surface area (Å²) in [5.74, 6) is -0.150. The lowest BCUT2D eigenvalue weighted by atomic mass is 9.99. The molecule has 1 rings (SSSR count). The van der Waals surface area contributed by atoms with Gasteiger partial charge in [0.1, 0.15) is 24.4 Å². The third-order valence-corrected chi connectivity index (χ3v) is 12.3. The fourth-order valence-electron chi connectivity index (χ4n) is 8.11. The van der Waals surface area contributed by atoms with Gasteiger partial charge in [0, 0.05) is 6.42 Å². The van der Waals surface area contributed by atoms with E-state index in [0.29, 0.717) is 12.8 Å². The Morgan fingerprint density at radius 2 is 0.954 bits per heavy atom. The Hall–Kier alpha value is -2.37. The molecule has 0 bridgehead atoms. The normalized spacial score (nSPS) is 20.5. The number of hydrogen-bond donors (Lipinski definition) is 6. The molecule has 0 spiro atoms. The minimum atomic E-state index is -1.55. The molecule has 0 aromatic heterocycles. The van der Waals surface area contributed by atoms with Gasteiger partial charge in [-0.3, -0.25) is 4.79 Å². The second-order valence-corrected chi connectivity index (χ2v) is 18.3. The highest BCUT2D eigenvalue weighted by Crippen LogP contribution is 2.23. The Balaban J connectivity index is 2.16. The number of carbonyl (C=O) groups is 1. The monoisotopic (exact) mass is 914 g/mol. The first kappa shape index (κ1) is 60.6. The molecule has 65 heavy (non-hydrogen) atoms. The first-order chi connectivity index (χ1) is 31.8. The van der Waals surface area contributed by atoms with Crippen LogP contribution >= 0.6 is 0 Å². The standard InChI is InChI=1S/C56H99NO8/c1-3-5-7-9-11-13-15-16-17-18-19-20-21-22-23-24-25-26-27-28-29-30-31-32-33-34-36-38-40-42-44-46-52(60)57-49(48-64-56-55(63)54(62)53(61)51(47-58)65-56)50(59)45-43-41-39-37-35-14-12-10-8-6-4-2/h5,7,11,13,16-17,19-20,22-23,25-26,49-51,53-56,58-59,61-63H,3-4,6,8-10,12,14-15,18,21,24,27-48H2,1-2H3,(H,57,60)/b7-5-,13-11-,17-16-,20-19-,23-22-,26-25-. The van der Waals surface area contributed by atoms with Crippen molar-refractivity contribution in [2.24, 2.45) is 0 Å². The minimum Gasteiger partial charge on any atom is -0.394 e. The zero-order valence-electron chi connectivity index (χ0n) is 41.5. The van der Waals surface area contributed by atoms with E-state index in [1.807, 2.05) is 0 Å². The van der Waals surface area contributed by atoms with E-state index in [1.54, 1.807) is 0 Å². The minimum absolute atomic E-state index is 0.141. The van der Waals surface area contributed by atoms with Crippen LogP contribution in [0, 0.1) is 0 Å². The molecule has 0 saturated carbocycles. The van der Waals surface area contributed by atoms with Gasteiger partial charge in [-0.1, -0.05) is 222 Å². The van der Waals surface area contributed by atoms with Crippen molar-refractivity contribution in [1.82, 2.24) is 5.32 Å². The van der Waals surface area contributed by atoms with Gasteiger partial charge in [0.2, 0.25) is 5.91 Å². The number of rotatable bonds is 44. The second kappa shape index (κ2) is 45.4. The molecule has 9 nitrogen and oxygen atoms in total. The summed E-state index contributed by atoms with van der Waals surface area (Å²) in [6.45, 7) is 3.70. The highest BCUT2D eigenvalue weighted by Gasteiger charge is 2.44. The van der Waals surface area contributed by atoms with Crippen LogP contribution in [-0.4, -0.2) is 87.5 Å². The number of unbranched alkanes of at least 4 members (excludes halogenated alkanes) is 22. The van der Waals surface area contributed by atoms with Crippen molar-refractivity contribution in [1.29, 1.82) is 0 Å². The van der Waals surface area contributed by atoms with Crippen molar-refractivity contribution >= 4 is 5.91 Å². The van der Waals surface area contributed by atoms with E-state index in [4.69, 9.17) is 9.47 Å². The maximum absolute atomic E-state index is 13.0. The Labute approximate surface area is 398 Å². The number of aliphatic hydroxyl groups excluding tert-OH is 5. The van der Waals surface area contributed by atoms with Crippen LogP contribution < -0.4 is 5.32 Å². The molecule has 0 aliphatic carbocycles. The quantitative estimate of drug-likeness (QED) is 0.0261. The number of amides is 1. The number of allylic oxidation sites excluding steroid dienone is 12. The number of ether oxygens (including phenoxy) is 2. The summed E-state index contributed by atoms with van der Waals surface area (Å²) in [5, 5.41) is 54.4. The van der Waals surface area contributed by atoms with Gasteiger partial charge in [0.15, 0.2) is 6.29 Å². The first-order valence-corrected chi connectivity index (χ1v) is 26.6. The summed E-state index contributed by atoms with van der Waals surface area (Å²) in [6, 6.07) is -0.722. The summed E-state index contributed by atoms with van der Waals surface area (Å²) in [7, 11) is 0. The summed E-state index contributed by atoms with van der Waals surface area (Å²) >= 11 is 0. The average molecular weight is 914 g/mol. The molecule has 7 unspecified atom stereocenters. The van der Waals surface area contributed by atoms with Gasteiger partial charge in [-0.15, -0.1) is 0 Å². The van der Waals surface area contributed by atoms with Crippen LogP contribution in [-0.2, 0) is 14.3 Å². The van der Waals surface area contributed by atoms with Crippen molar-refractivity contribution in [3.63, 3.8) is 0 Å². The van der Waals surface area contributed by atoms with Crippen LogP contribution in [0.25, 0.3) is 0 Å². The molecule has 0 radical (unpaired) electrons. The topological polar surface area (TPSA) is 149 Å². The highest BCUT2D eigenvalue weighted by atomic mass is 16.7. The molecule has 9 heteroatoms. The number of hydrogen-bond acceptors (Lipinski definition) is 8. The van der Waals surface area contributed by atoms with Crippen molar-refractivity contribution in [3.8, 4) is 0 Å². The van der Waals surface area contributed by atoms with Crippen LogP contribution in [0.1, 0.15) is 219 Å². The lowest BCUT2D eigenvalue weighted by Crippen LogP contribution is -2.60. The lowest BCUT2D eigenvalue weighted by Gasteiger charge is -2.40. The maximum Gasteiger partial charge on any atom is 0.220 e. The van der Waals surface area contributed by atoms with Crippen LogP contribution in [0.15, 0.2) is 72.9 Å². The fraction of sp³-hybridized carbons (Fsp3) is 0.768. The predicted octanol–water partition coefficient (Wildman–Crippen LogP) is 12.5. The van der Waals surface area contributed by atoms with Crippen molar-refractivity contribution in [2.45, 2.75) is 262 Å². The SMILES string of the molecule is CC/C=C\C/C=C\C/C=C\C/C=C\C/C=C\C/C=C\CCCCCCCCCCCCCCC(=O)NC(COC1OC(CO)C(O)C(O)C1O)C(O)CCCCCCCCCCCCC. The zero-order valence-corrected chi connectivity index (χ0v) is 41.5. The van der Waals surface area contributed by atoms with Crippen LogP contribution in [0.5, 0.6) is 0 Å². The zero-order chi connectivity index (χ0) is 47.3. The molecule has 376 valence electrons. The molecule has 1 amide bonds. The summed E-state index contributed by atoms with van der Waals surface area (Å²) in [4.78, 5) is 13.0. The predicted molar refractivity (Wildman–Crippen MR) is 272 cm³/mol. The summed E-state index contributed by atoms with van der Waals surface area (Å²) in [6.07, 6.45) is 55.0. The van der Waals surface area contributed by atoms with E-state index >= 15 is 0 Å². The smallest absolute Gasteiger partial charge is 0.220 e. The van der Waals surface area contributed by atoms with E-state index < -0.39 is 49.5 Å². The van der Waals surface area contributed by atoms with Crippen molar-refractivity contribution in [3.05, 3.63) is 72.9 Å². The van der Waals surface area contributed by atoms with Gasteiger partial charge >= 0.3 is 0 Å². The van der Waals surface area contributed by atoms with E-state index in [1.165, 1.54) is 116 Å². The molecular weight excluding hydrogens is 815 g/mol. The third kappa shape index (κ3) is 35.4. The molecular formula is C56H99NO8. The van der Waals surface area contributed by atoms with Gasteiger partial charge in [-0.05, 0) is 64.2 Å². The number of nitrogens with one attached hydrogen (secondary N) is 1. The van der Waals surface area contributed by atoms with Gasteiger partial charge in [-0.25, -0.2) is 0 Å². The van der Waals surface area contributed by atoms with Gasteiger partial charge in [-0.2, -0.15) is 0 Å². The molecule has 1 aliphatic rings. The Kier molecular flexibility index (Phi) is 42.4. The van der Waals surface area contributed by atoms with Crippen LogP contribution in [0.3, 0.4) is 0 Å². The van der Waals surface area contributed by atoms with Gasteiger partial charge in [0.25, 0.3) is 0 Å². The molecule has 6 N–H and O–H groups in total. The molecule has 1 saturated heterocycles. The molecule has 1 heterocycles. The third-order valence-electron chi connectivity index (χ3n) is 12.3. The number of carbonyl (C=O) groups excluding carboxylic acids is 1. The van der Waals surface area contributed by atoms with E-state index in [2.05, 4.69) is 92.1 Å². The molecule has 0 aromatic rings. The van der Waals surface area contributed by atoms with Crippen molar-refractivity contribution in [2.75, 3.05) is 13.2 Å². The second-order valence-electron chi connectivity index (χ2n) is 18.3. The summed E-state index contributed by atoms with van der Waals surface area (Å²) < 4.78 is 11.3. The number of aliphatic hydroxyl groups is 5. The Morgan fingerprint density at radius 3 is 1.42 bits per heavy atom. The van der Waals surface area contributed by atoms with Crippen molar-refractivity contribution < 1.29 is 39.8 Å². The fourth-order valence-corrected chi connectivity index (χ4v) is 8.11. The Bertz CT molecular complexity index is 1240. The van der Waals surface area contributed by atoms with E-state index in [-0.39, 0.29) is 12.5 Å². The average Bonchev–Trinajstić information content (AvgIpc) is 3.31. The van der Waals surface area contributed by atoms with Crippen LogP contribution in [0.2, 0.25) is 0 Å². The first-order valence-electron chi connectivity index (χ1n) is 26.6. The summed E-state index contributed by atoms with van der Waals surface area (Å²) in [5.41, 5.74) is 0. The van der Waals surface area contributed by atoms with E-state index in [9.17, 15) is 30.3 Å². The molecule has 1 fully saturated rings. The largest absolute Gasteiger partial charge is 0.394 e.